The molecule has 3 aromatic rings. The number of hydrogen-bond donors (Lipinski definition) is 1. The van der Waals surface area contributed by atoms with Crippen LogP contribution in [-0.4, -0.2) is 22.5 Å². The predicted molar refractivity (Wildman–Crippen MR) is 77.4 cm³/mol. The normalized spacial score (nSPS) is 10.8. The van der Waals surface area contributed by atoms with E-state index < -0.39 is 0 Å². The molecule has 5 heteroatoms. The zero-order valence-corrected chi connectivity index (χ0v) is 11.0. The van der Waals surface area contributed by atoms with Gasteiger partial charge in [-0.1, -0.05) is 18.2 Å². The van der Waals surface area contributed by atoms with Gasteiger partial charge in [-0.15, -0.1) is 0 Å². The third kappa shape index (κ3) is 1.93. The van der Waals surface area contributed by atoms with Gasteiger partial charge in [0.05, 0.1) is 17.7 Å². The van der Waals surface area contributed by atoms with Crippen molar-refractivity contribution in [2.24, 2.45) is 0 Å². The van der Waals surface area contributed by atoms with Crippen LogP contribution in [0.5, 0.6) is 0 Å². The van der Waals surface area contributed by atoms with Crippen LogP contribution in [0.4, 0.5) is 5.82 Å². The summed E-state index contributed by atoms with van der Waals surface area (Å²) in [5.74, 6) is -0.0320. The van der Waals surface area contributed by atoms with Crippen LogP contribution in [0.15, 0.2) is 36.5 Å². The van der Waals surface area contributed by atoms with Gasteiger partial charge in [0, 0.05) is 17.0 Å². The Bertz CT molecular complexity index is 815. The molecule has 0 saturated heterocycles. The van der Waals surface area contributed by atoms with Gasteiger partial charge in [-0.25, -0.2) is 9.78 Å². The molecule has 1 aromatic carbocycles. The highest BCUT2D eigenvalue weighted by atomic mass is 16.5. The van der Waals surface area contributed by atoms with Gasteiger partial charge in [0.15, 0.2) is 5.82 Å². The Balaban J connectivity index is 2.31. The van der Waals surface area contributed by atoms with Crippen molar-refractivity contribution in [1.82, 2.24) is 9.97 Å². The maximum Gasteiger partial charge on any atom is 0.339 e. The van der Waals surface area contributed by atoms with Gasteiger partial charge in [-0.2, -0.15) is 0 Å². The van der Waals surface area contributed by atoms with Gasteiger partial charge in [0.25, 0.3) is 0 Å². The number of carbonyl (C=O) groups is 1. The number of carbonyl (C=O) groups excluding carboxylic acids is 1. The number of ether oxygens (including phenoxy) is 1. The van der Waals surface area contributed by atoms with Gasteiger partial charge < -0.3 is 10.5 Å². The summed E-state index contributed by atoms with van der Waals surface area (Å²) in [6.07, 6.45) is 1.47. The number of benzene rings is 1. The number of nitrogens with zero attached hydrogens (tertiary/aromatic N) is 2. The fraction of sp³-hybridized carbons (Fsp3) is 0.133. The van der Waals surface area contributed by atoms with Crippen LogP contribution >= 0.6 is 0 Å². The Morgan fingerprint density at radius 3 is 2.90 bits per heavy atom. The number of pyridine rings is 2. The third-order valence-corrected chi connectivity index (χ3v) is 3.08. The van der Waals surface area contributed by atoms with Crippen LogP contribution in [0.25, 0.3) is 21.8 Å². The van der Waals surface area contributed by atoms with Crippen molar-refractivity contribution in [3.63, 3.8) is 0 Å². The third-order valence-electron chi connectivity index (χ3n) is 3.08. The zero-order chi connectivity index (χ0) is 14.1. The SMILES string of the molecule is CCOC(=O)c1cnc2c(N)nc3ccccc3c2c1. The highest BCUT2D eigenvalue weighted by Crippen LogP contribution is 2.26. The Morgan fingerprint density at radius 2 is 2.10 bits per heavy atom. The molecule has 0 aliphatic rings. The zero-order valence-electron chi connectivity index (χ0n) is 11.0. The van der Waals surface area contributed by atoms with E-state index in [1.165, 1.54) is 6.20 Å². The smallest absolute Gasteiger partial charge is 0.339 e. The summed E-state index contributed by atoms with van der Waals surface area (Å²) in [4.78, 5) is 20.4. The molecule has 0 radical (unpaired) electrons. The van der Waals surface area contributed by atoms with Gasteiger partial charge in [0.1, 0.15) is 5.52 Å². The maximum atomic E-state index is 11.8. The van der Waals surface area contributed by atoms with E-state index in [4.69, 9.17) is 10.5 Å². The highest BCUT2D eigenvalue weighted by molar-refractivity contribution is 6.09. The number of esters is 1. The van der Waals surface area contributed by atoms with Crippen molar-refractivity contribution >= 4 is 33.6 Å². The fourth-order valence-corrected chi connectivity index (χ4v) is 2.18. The van der Waals surface area contributed by atoms with Crippen molar-refractivity contribution in [2.45, 2.75) is 6.92 Å². The van der Waals surface area contributed by atoms with Crippen LogP contribution < -0.4 is 5.73 Å². The summed E-state index contributed by atoms with van der Waals surface area (Å²) < 4.78 is 4.99. The van der Waals surface area contributed by atoms with Gasteiger partial charge in [-0.3, -0.25) is 4.98 Å². The van der Waals surface area contributed by atoms with E-state index in [1.807, 2.05) is 24.3 Å². The highest BCUT2D eigenvalue weighted by Gasteiger charge is 2.12. The number of hydrogen-bond acceptors (Lipinski definition) is 5. The number of rotatable bonds is 2. The summed E-state index contributed by atoms with van der Waals surface area (Å²) in [6, 6.07) is 9.36. The minimum Gasteiger partial charge on any atom is -0.462 e. The number of nitrogens with two attached hydrogens (primary N) is 1. The van der Waals surface area contributed by atoms with Gasteiger partial charge >= 0.3 is 5.97 Å². The van der Waals surface area contributed by atoms with Gasteiger partial charge in [0.2, 0.25) is 0 Å². The lowest BCUT2D eigenvalue weighted by Gasteiger charge is -2.07. The monoisotopic (exact) mass is 267 g/mol. The van der Waals surface area contributed by atoms with Crippen molar-refractivity contribution in [1.29, 1.82) is 0 Å². The minimum atomic E-state index is -0.388. The second-order valence-electron chi connectivity index (χ2n) is 4.35. The second-order valence-corrected chi connectivity index (χ2v) is 4.35. The molecule has 0 unspecified atom stereocenters. The van der Waals surface area contributed by atoms with Crippen LogP contribution in [0.2, 0.25) is 0 Å². The standard InChI is InChI=1S/C15H13N3O2/c1-2-20-15(19)9-7-11-10-5-3-4-6-12(10)18-14(16)13(11)17-8-9/h3-8H,2H2,1H3,(H2,16,18). The summed E-state index contributed by atoms with van der Waals surface area (Å²) >= 11 is 0. The average Bonchev–Trinajstić information content (AvgIpc) is 2.47. The fourth-order valence-electron chi connectivity index (χ4n) is 2.18. The molecule has 2 N–H and O–H groups in total. The van der Waals surface area contributed by atoms with E-state index in [1.54, 1.807) is 13.0 Å². The van der Waals surface area contributed by atoms with Crippen molar-refractivity contribution in [3.05, 3.63) is 42.1 Å². The Morgan fingerprint density at radius 1 is 1.30 bits per heavy atom. The first-order chi connectivity index (χ1) is 9.70. The van der Waals surface area contributed by atoms with Crippen molar-refractivity contribution in [2.75, 3.05) is 12.3 Å². The summed E-state index contributed by atoms with van der Waals surface area (Å²) in [7, 11) is 0. The molecule has 0 aliphatic carbocycles. The molecule has 5 nitrogen and oxygen atoms in total. The minimum absolute atomic E-state index is 0.329. The maximum absolute atomic E-state index is 11.8. The molecule has 0 atom stereocenters. The molecular weight excluding hydrogens is 254 g/mol. The summed E-state index contributed by atoms with van der Waals surface area (Å²) in [5.41, 5.74) is 7.70. The van der Waals surface area contributed by atoms with E-state index in [2.05, 4.69) is 9.97 Å². The van der Waals surface area contributed by atoms with Crippen LogP contribution in [0, 0.1) is 0 Å². The number of fused-ring (bicyclic) bond motifs is 3. The molecule has 0 saturated carbocycles. The molecule has 3 rings (SSSR count). The molecular formula is C15H13N3O2. The molecule has 0 aliphatic heterocycles. The Kier molecular flexibility index (Phi) is 2.95. The lowest BCUT2D eigenvalue weighted by Crippen LogP contribution is -2.05. The number of anilines is 1. The van der Waals surface area contributed by atoms with Crippen molar-refractivity contribution in [3.8, 4) is 0 Å². The molecule has 0 amide bonds. The topological polar surface area (TPSA) is 78.1 Å². The molecule has 2 heterocycles. The molecule has 100 valence electrons. The van der Waals surface area contributed by atoms with Gasteiger partial charge in [-0.05, 0) is 19.1 Å². The van der Waals surface area contributed by atoms with E-state index in [0.29, 0.717) is 23.5 Å². The first-order valence-electron chi connectivity index (χ1n) is 6.32. The quantitative estimate of drug-likeness (QED) is 0.570. The predicted octanol–water partition coefficient (Wildman–Crippen LogP) is 2.54. The largest absolute Gasteiger partial charge is 0.462 e. The van der Waals surface area contributed by atoms with Crippen LogP contribution in [0.3, 0.4) is 0 Å². The number of aromatic nitrogens is 2. The van der Waals surface area contributed by atoms with Crippen LogP contribution in [0.1, 0.15) is 17.3 Å². The summed E-state index contributed by atoms with van der Waals surface area (Å²) in [5, 5.41) is 1.72. The average molecular weight is 267 g/mol. The molecule has 0 bridgehead atoms. The number of nitrogen functional groups attached to an aromatic ring is 1. The van der Waals surface area contributed by atoms with E-state index >= 15 is 0 Å². The second kappa shape index (κ2) is 4.77. The van der Waals surface area contributed by atoms with E-state index in [-0.39, 0.29) is 5.97 Å². The van der Waals surface area contributed by atoms with E-state index in [9.17, 15) is 4.79 Å². The lowest BCUT2D eigenvalue weighted by atomic mass is 10.1. The van der Waals surface area contributed by atoms with Crippen LogP contribution in [-0.2, 0) is 4.74 Å². The molecule has 0 spiro atoms. The Labute approximate surface area is 115 Å². The van der Waals surface area contributed by atoms with Crippen molar-refractivity contribution < 1.29 is 9.53 Å². The molecule has 2 aromatic heterocycles. The Hall–Kier alpha value is -2.69. The first kappa shape index (κ1) is 12.3. The molecule has 20 heavy (non-hydrogen) atoms. The van der Waals surface area contributed by atoms with E-state index in [0.717, 1.165) is 16.3 Å². The first-order valence-corrected chi connectivity index (χ1v) is 6.32. The lowest BCUT2D eigenvalue weighted by molar-refractivity contribution is 0.0526. The number of para-hydroxylation sites is 1. The summed E-state index contributed by atoms with van der Waals surface area (Å²) in [6.45, 7) is 2.10. The molecule has 0 fully saturated rings.